The number of fused-ring (bicyclic) bond motifs is 1. The summed E-state index contributed by atoms with van der Waals surface area (Å²) in [6.07, 6.45) is 3.56. The van der Waals surface area contributed by atoms with E-state index in [-0.39, 0.29) is 11.4 Å². The molecule has 0 aromatic carbocycles. The molecule has 2 saturated heterocycles. The smallest absolute Gasteiger partial charge is 0.316 e. The van der Waals surface area contributed by atoms with Crippen molar-refractivity contribution in [2.24, 2.45) is 5.41 Å². The summed E-state index contributed by atoms with van der Waals surface area (Å²) < 4.78 is 6.03. The average Bonchev–Trinajstić information content (AvgIpc) is 3.13. The molecular formula is C18H29N3O2S. The number of nitrogens with one attached hydrogen (secondary N) is 1. The molecule has 3 rings (SSSR count). The van der Waals surface area contributed by atoms with E-state index in [1.807, 2.05) is 11.3 Å². The van der Waals surface area contributed by atoms with Gasteiger partial charge in [-0.2, -0.15) is 0 Å². The van der Waals surface area contributed by atoms with E-state index >= 15 is 0 Å². The number of ether oxygens (including phenoxy) is 1. The summed E-state index contributed by atoms with van der Waals surface area (Å²) in [7, 11) is 3.56. The van der Waals surface area contributed by atoms with Crippen LogP contribution in [0.1, 0.15) is 29.7 Å². The molecule has 3 heterocycles. The average molecular weight is 352 g/mol. The quantitative estimate of drug-likeness (QED) is 0.887. The monoisotopic (exact) mass is 351 g/mol. The van der Waals surface area contributed by atoms with Crippen molar-refractivity contribution >= 4 is 17.4 Å². The van der Waals surface area contributed by atoms with Crippen LogP contribution in [0.25, 0.3) is 0 Å². The number of nitrogens with zero attached hydrogens (tertiary/aromatic N) is 2. The molecule has 24 heavy (non-hydrogen) atoms. The van der Waals surface area contributed by atoms with E-state index in [1.165, 1.54) is 10.4 Å². The Morgan fingerprint density at radius 1 is 1.54 bits per heavy atom. The van der Waals surface area contributed by atoms with Crippen molar-refractivity contribution in [1.82, 2.24) is 15.1 Å². The third-order valence-corrected chi connectivity index (χ3v) is 6.50. The number of amides is 2. The third kappa shape index (κ3) is 3.76. The molecule has 0 radical (unpaired) electrons. The molecule has 2 amide bonds. The lowest BCUT2D eigenvalue weighted by molar-refractivity contribution is -0.0237. The molecule has 1 aromatic rings. The Bertz CT molecular complexity index is 574. The normalized spacial score (nSPS) is 27.0. The van der Waals surface area contributed by atoms with Crippen molar-refractivity contribution < 1.29 is 9.53 Å². The van der Waals surface area contributed by atoms with Crippen LogP contribution >= 0.6 is 11.3 Å². The topological polar surface area (TPSA) is 44.8 Å². The van der Waals surface area contributed by atoms with Crippen LogP contribution in [0, 0.1) is 12.3 Å². The first-order valence-electron chi connectivity index (χ1n) is 8.82. The SMILES string of the molecule is Cc1ccsc1CN1CC[C@@H]2OCC[C@]2(CCNC(=O)N(C)C)C1. The number of carbonyl (C=O) groups excluding carboxylic acids is 1. The van der Waals surface area contributed by atoms with Gasteiger partial charge in [0.25, 0.3) is 0 Å². The van der Waals surface area contributed by atoms with Crippen LogP contribution in [0.5, 0.6) is 0 Å². The van der Waals surface area contributed by atoms with Crippen LogP contribution in [0.15, 0.2) is 11.4 Å². The highest BCUT2D eigenvalue weighted by atomic mass is 32.1. The minimum Gasteiger partial charge on any atom is -0.378 e. The summed E-state index contributed by atoms with van der Waals surface area (Å²) in [4.78, 5) is 17.4. The number of hydrogen-bond donors (Lipinski definition) is 1. The zero-order valence-corrected chi connectivity index (χ0v) is 15.8. The number of urea groups is 1. The van der Waals surface area contributed by atoms with Crippen molar-refractivity contribution in [3.8, 4) is 0 Å². The maximum Gasteiger partial charge on any atom is 0.316 e. The van der Waals surface area contributed by atoms with Gasteiger partial charge in [-0.25, -0.2) is 4.79 Å². The van der Waals surface area contributed by atoms with Gasteiger partial charge in [-0.1, -0.05) is 0 Å². The molecule has 2 aliphatic rings. The number of likely N-dealkylation sites (tertiary alicyclic amines) is 1. The van der Waals surface area contributed by atoms with Crippen LogP contribution < -0.4 is 5.32 Å². The lowest BCUT2D eigenvalue weighted by atomic mass is 9.74. The van der Waals surface area contributed by atoms with Gasteiger partial charge in [-0.3, -0.25) is 4.90 Å². The summed E-state index contributed by atoms with van der Waals surface area (Å²) in [6.45, 7) is 7.01. The second-order valence-electron chi connectivity index (χ2n) is 7.37. The van der Waals surface area contributed by atoms with E-state index < -0.39 is 0 Å². The molecule has 0 saturated carbocycles. The van der Waals surface area contributed by atoms with Crippen molar-refractivity contribution in [3.05, 3.63) is 21.9 Å². The summed E-state index contributed by atoms with van der Waals surface area (Å²) in [5.41, 5.74) is 1.60. The second kappa shape index (κ2) is 7.42. The maximum absolute atomic E-state index is 11.8. The number of piperidine rings is 1. The largest absolute Gasteiger partial charge is 0.378 e. The minimum atomic E-state index is -0.0104. The van der Waals surface area contributed by atoms with Crippen molar-refractivity contribution in [3.63, 3.8) is 0 Å². The van der Waals surface area contributed by atoms with Gasteiger partial charge >= 0.3 is 6.03 Å². The van der Waals surface area contributed by atoms with E-state index in [4.69, 9.17) is 4.74 Å². The van der Waals surface area contributed by atoms with Gasteiger partial charge in [0, 0.05) is 57.2 Å². The van der Waals surface area contributed by atoms with Crippen molar-refractivity contribution in [1.29, 1.82) is 0 Å². The van der Waals surface area contributed by atoms with Crippen LogP contribution in [-0.4, -0.2) is 62.3 Å². The highest BCUT2D eigenvalue weighted by molar-refractivity contribution is 7.10. The standard InChI is InChI=1S/C18H29N3O2S/c1-14-5-11-24-15(14)12-21-9-4-16-18(13-21,7-10-23-16)6-8-19-17(22)20(2)3/h5,11,16H,4,6-10,12-13H2,1-3H3,(H,19,22)/t16-,18+/m0/s1. The minimum absolute atomic E-state index is 0.0104. The van der Waals surface area contributed by atoms with Gasteiger partial charge in [0.15, 0.2) is 0 Å². The fourth-order valence-corrected chi connectivity index (χ4v) is 4.93. The fraction of sp³-hybridized carbons (Fsp3) is 0.722. The molecule has 6 heteroatoms. The first kappa shape index (κ1) is 17.7. The molecular weight excluding hydrogens is 322 g/mol. The van der Waals surface area contributed by atoms with E-state index in [2.05, 4.69) is 28.6 Å². The highest BCUT2D eigenvalue weighted by Gasteiger charge is 2.47. The molecule has 0 bridgehead atoms. The van der Waals surface area contributed by atoms with E-state index in [9.17, 15) is 4.79 Å². The third-order valence-electron chi connectivity index (χ3n) is 5.49. The molecule has 2 atom stereocenters. The Hall–Kier alpha value is -1.11. The van der Waals surface area contributed by atoms with E-state index in [0.717, 1.165) is 52.0 Å². The number of rotatable bonds is 5. The van der Waals surface area contributed by atoms with Gasteiger partial charge in [0.05, 0.1) is 6.10 Å². The zero-order chi connectivity index (χ0) is 17.2. The van der Waals surface area contributed by atoms with Gasteiger partial charge in [-0.05, 0) is 43.2 Å². The number of aryl methyl sites for hydroxylation is 1. The van der Waals surface area contributed by atoms with Crippen LogP contribution in [0.2, 0.25) is 0 Å². The van der Waals surface area contributed by atoms with Crippen molar-refractivity contribution in [2.45, 2.75) is 38.8 Å². The van der Waals surface area contributed by atoms with E-state index in [1.54, 1.807) is 19.0 Å². The highest BCUT2D eigenvalue weighted by Crippen LogP contribution is 2.43. The molecule has 5 nitrogen and oxygen atoms in total. The summed E-state index contributed by atoms with van der Waals surface area (Å²) in [5.74, 6) is 0. The van der Waals surface area contributed by atoms with Crippen LogP contribution in [-0.2, 0) is 11.3 Å². The Morgan fingerprint density at radius 3 is 3.08 bits per heavy atom. The fourth-order valence-electron chi connectivity index (χ4n) is 3.98. The number of hydrogen-bond acceptors (Lipinski definition) is 4. The molecule has 2 fully saturated rings. The predicted molar refractivity (Wildman–Crippen MR) is 97.4 cm³/mol. The van der Waals surface area contributed by atoms with Crippen molar-refractivity contribution in [2.75, 3.05) is 40.3 Å². The van der Waals surface area contributed by atoms with Gasteiger partial charge in [-0.15, -0.1) is 11.3 Å². The summed E-state index contributed by atoms with van der Waals surface area (Å²) >= 11 is 1.86. The first-order chi connectivity index (χ1) is 11.5. The summed E-state index contributed by atoms with van der Waals surface area (Å²) in [5, 5.41) is 5.20. The molecule has 0 unspecified atom stereocenters. The van der Waals surface area contributed by atoms with E-state index in [0.29, 0.717) is 6.10 Å². The molecule has 0 aliphatic carbocycles. The molecule has 2 aliphatic heterocycles. The lowest BCUT2D eigenvalue weighted by Gasteiger charge is -2.44. The Balaban J connectivity index is 1.60. The second-order valence-corrected chi connectivity index (χ2v) is 8.37. The van der Waals surface area contributed by atoms with Gasteiger partial charge in [0.2, 0.25) is 0 Å². The molecule has 1 N–H and O–H groups in total. The van der Waals surface area contributed by atoms with Crippen LogP contribution in [0.4, 0.5) is 4.79 Å². The Morgan fingerprint density at radius 2 is 2.38 bits per heavy atom. The first-order valence-corrected chi connectivity index (χ1v) is 9.70. The predicted octanol–water partition coefficient (Wildman–Crippen LogP) is 2.70. The maximum atomic E-state index is 11.8. The number of carbonyl (C=O) groups is 1. The lowest BCUT2D eigenvalue weighted by Crippen LogP contribution is -2.50. The van der Waals surface area contributed by atoms with Crippen LogP contribution in [0.3, 0.4) is 0 Å². The number of thiophene rings is 1. The Labute approximate surface area is 149 Å². The molecule has 1 aromatic heterocycles. The summed E-state index contributed by atoms with van der Waals surface area (Å²) in [6, 6.07) is 2.20. The molecule has 134 valence electrons. The Kier molecular flexibility index (Phi) is 5.47. The van der Waals surface area contributed by atoms with Gasteiger partial charge in [0.1, 0.15) is 0 Å². The zero-order valence-electron chi connectivity index (χ0n) is 15.0. The van der Waals surface area contributed by atoms with Gasteiger partial charge < -0.3 is 15.0 Å². The molecule has 0 spiro atoms.